The van der Waals surface area contributed by atoms with Crippen LogP contribution in [-0.4, -0.2) is 24.9 Å². The minimum atomic E-state index is -0.819. The normalized spacial score (nSPS) is 9.27. The van der Waals surface area contributed by atoms with Gasteiger partial charge >= 0.3 is 5.97 Å². The molecule has 11 heavy (non-hydrogen) atoms. The Morgan fingerprint density at radius 2 is 2.09 bits per heavy atom. The maximum Gasteiger partial charge on any atom is 0.375 e. The van der Waals surface area contributed by atoms with Crippen molar-refractivity contribution in [1.82, 2.24) is 0 Å². The molecule has 0 aliphatic heterocycles. The van der Waals surface area contributed by atoms with Crippen molar-refractivity contribution in [2.45, 2.75) is 19.8 Å². The fourth-order valence-electron chi connectivity index (χ4n) is 0.473. The summed E-state index contributed by atoms with van der Waals surface area (Å²) in [5.74, 6) is -1.48. The zero-order chi connectivity index (χ0) is 8.69. The Hall–Kier alpha value is -0.900. The van der Waals surface area contributed by atoms with E-state index in [4.69, 9.17) is 5.73 Å². The van der Waals surface area contributed by atoms with Gasteiger partial charge in [0.25, 0.3) is 5.78 Å². The summed E-state index contributed by atoms with van der Waals surface area (Å²) in [6, 6.07) is 0. The average Bonchev–Trinajstić information content (AvgIpc) is 2.03. The molecule has 0 aromatic heterocycles. The van der Waals surface area contributed by atoms with E-state index in [0.717, 1.165) is 12.8 Å². The number of carbonyl (C=O) groups excluding carboxylic acids is 2. The number of carbonyl (C=O) groups is 2. The predicted molar refractivity (Wildman–Crippen MR) is 39.9 cm³/mol. The first-order chi connectivity index (χ1) is 5.22. The molecule has 0 aliphatic rings. The number of Topliss-reactive ketones (excluding diaryl/α,β-unsaturated/α-hetero) is 1. The number of hydrogen-bond acceptors (Lipinski definition) is 4. The summed E-state index contributed by atoms with van der Waals surface area (Å²) < 4.78 is 4.57. The molecule has 0 amide bonds. The topological polar surface area (TPSA) is 69.4 Å². The minimum Gasteiger partial charge on any atom is -0.460 e. The molecule has 0 radical (unpaired) electrons. The van der Waals surface area contributed by atoms with Crippen LogP contribution < -0.4 is 5.73 Å². The number of unbranched alkanes of at least 4 members (excludes halogenated alkanes) is 1. The largest absolute Gasteiger partial charge is 0.460 e. The fraction of sp³-hybridized carbons (Fsp3) is 0.714. The Balaban J connectivity index is 3.44. The van der Waals surface area contributed by atoms with Gasteiger partial charge in [0.1, 0.15) is 0 Å². The number of esters is 1. The van der Waals surface area contributed by atoms with E-state index in [0.29, 0.717) is 6.61 Å². The molecule has 2 N–H and O–H groups in total. The Morgan fingerprint density at radius 3 is 2.55 bits per heavy atom. The van der Waals surface area contributed by atoms with Gasteiger partial charge in [-0.1, -0.05) is 13.3 Å². The van der Waals surface area contributed by atoms with Crippen LogP contribution >= 0.6 is 0 Å². The lowest BCUT2D eigenvalue weighted by molar-refractivity contribution is -0.153. The van der Waals surface area contributed by atoms with Gasteiger partial charge in [0, 0.05) is 0 Å². The molecule has 4 nitrogen and oxygen atoms in total. The first kappa shape index (κ1) is 10.1. The highest BCUT2D eigenvalue weighted by molar-refractivity contribution is 6.34. The Bertz CT molecular complexity index is 145. The van der Waals surface area contributed by atoms with Crippen molar-refractivity contribution < 1.29 is 14.3 Å². The second-order valence-corrected chi connectivity index (χ2v) is 2.12. The van der Waals surface area contributed by atoms with E-state index in [2.05, 4.69) is 4.74 Å². The maximum absolute atomic E-state index is 10.6. The van der Waals surface area contributed by atoms with Gasteiger partial charge in [-0.2, -0.15) is 0 Å². The van der Waals surface area contributed by atoms with Gasteiger partial charge < -0.3 is 10.5 Å². The van der Waals surface area contributed by atoms with Crippen LogP contribution in [0.4, 0.5) is 0 Å². The van der Waals surface area contributed by atoms with Crippen LogP contribution in [0.1, 0.15) is 19.8 Å². The summed E-state index contributed by atoms with van der Waals surface area (Å²) in [6.07, 6.45) is 1.72. The van der Waals surface area contributed by atoms with Crippen LogP contribution in [0.5, 0.6) is 0 Å². The van der Waals surface area contributed by atoms with E-state index < -0.39 is 11.8 Å². The van der Waals surface area contributed by atoms with Crippen molar-refractivity contribution in [2.75, 3.05) is 13.2 Å². The second kappa shape index (κ2) is 5.85. The van der Waals surface area contributed by atoms with Gasteiger partial charge in [-0.15, -0.1) is 0 Å². The van der Waals surface area contributed by atoms with Crippen LogP contribution in [0.25, 0.3) is 0 Å². The monoisotopic (exact) mass is 159 g/mol. The molecule has 64 valence electrons. The third kappa shape index (κ3) is 4.50. The molecule has 0 rings (SSSR count). The van der Waals surface area contributed by atoms with Gasteiger partial charge in [0.15, 0.2) is 0 Å². The molecule has 0 fully saturated rings. The van der Waals surface area contributed by atoms with E-state index in [1.54, 1.807) is 0 Å². The molecule has 0 heterocycles. The highest BCUT2D eigenvalue weighted by atomic mass is 16.5. The summed E-state index contributed by atoms with van der Waals surface area (Å²) in [6.45, 7) is 2.00. The molecular formula is C7H13NO3. The summed E-state index contributed by atoms with van der Waals surface area (Å²) in [4.78, 5) is 21.1. The highest BCUT2D eigenvalue weighted by Crippen LogP contribution is 1.88. The zero-order valence-corrected chi connectivity index (χ0v) is 6.63. The summed E-state index contributed by atoms with van der Waals surface area (Å²) >= 11 is 0. The van der Waals surface area contributed by atoms with Gasteiger partial charge in [-0.25, -0.2) is 4.79 Å². The van der Waals surface area contributed by atoms with Gasteiger partial charge in [0.05, 0.1) is 13.2 Å². The van der Waals surface area contributed by atoms with E-state index in [1.165, 1.54) is 0 Å². The molecule has 0 aliphatic carbocycles. The fourth-order valence-corrected chi connectivity index (χ4v) is 0.473. The standard InChI is InChI=1S/C7H13NO3/c1-2-3-4-11-7(10)6(9)5-8/h2-5,8H2,1H3. The SMILES string of the molecule is CCCCOC(=O)C(=O)CN. The van der Waals surface area contributed by atoms with Crippen LogP contribution in [0.15, 0.2) is 0 Å². The molecule has 0 spiro atoms. The summed E-state index contributed by atoms with van der Waals surface area (Å²) in [5, 5.41) is 0. The summed E-state index contributed by atoms with van der Waals surface area (Å²) in [7, 11) is 0. The van der Waals surface area contributed by atoms with Crippen molar-refractivity contribution in [3.05, 3.63) is 0 Å². The van der Waals surface area contributed by atoms with Crippen molar-refractivity contribution in [3.8, 4) is 0 Å². The van der Waals surface area contributed by atoms with Crippen molar-refractivity contribution in [1.29, 1.82) is 0 Å². The van der Waals surface area contributed by atoms with E-state index >= 15 is 0 Å². The van der Waals surface area contributed by atoms with Gasteiger partial charge in [-0.3, -0.25) is 4.79 Å². The molecule has 0 bridgehead atoms. The molecular weight excluding hydrogens is 146 g/mol. The first-order valence-electron chi connectivity index (χ1n) is 3.62. The Morgan fingerprint density at radius 1 is 1.45 bits per heavy atom. The van der Waals surface area contributed by atoms with Crippen LogP contribution in [-0.2, 0) is 14.3 Å². The molecule has 0 aromatic rings. The molecule has 0 atom stereocenters. The van der Waals surface area contributed by atoms with E-state index in [1.807, 2.05) is 6.92 Å². The number of hydrogen-bond donors (Lipinski definition) is 1. The molecule has 0 unspecified atom stereocenters. The van der Waals surface area contributed by atoms with Gasteiger partial charge in [-0.05, 0) is 6.42 Å². The minimum absolute atomic E-state index is 0.273. The number of nitrogens with two attached hydrogens (primary N) is 1. The van der Waals surface area contributed by atoms with E-state index in [-0.39, 0.29) is 6.54 Å². The van der Waals surface area contributed by atoms with Crippen LogP contribution in [0, 0.1) is 0 Å². The highest BCUT2D eigenvalue weighted by Gasteiger charge is 2.11. The zero-order valence-electron chi connectivity index (χ0n) is 6.63. The first-order valence-corrected chi connectivity index (χ1v) is 3.62. The third-order valence-electron chi connectivity index (χ3n) is 1.14. The molecule has 4 heteroatoms. The quantitative estimate of drug-likeness (QED) is 0.344. The number of rotatable bonds is 5. The number of ketones is 1. The van der Waals surface area contributed by atoms with E-state index in [9.17, 15) is 9.59 Å². The Kier molecular flexibility index (Phi) is 5.37. The van der Waals surface area contributed by atoms with Crippen molar-refractivity contribution >= 4 is 11.8 Å². The smallest absolute Gasteiger partial charge is 0.375 e. The van der Waals surface area contributed by atoms with Crippen molar-refractivity contribution in [2.24, 2.45) is 5.73 Å². The van der Waals surface area contributed by atoms with Crippen LogP contribution in [0.2, 0.25) is 0 Å². The molecule has 0 saturated carbocycles. The lowest BCUT2D eigenvalue weighted by Crippen LogP contribution is -2.25. The number of ether oxygens (including phenoxy) is 1. The molecule has 0 aromatic carbocycles. The van der Waals surface area contributed by atoms with Gasteiger partial charge in [0.2, 0.25) is 0 Å². The lowest BCUT2D eigenvalue weighted by Gasteiger charge is -1.99. The van der Waals surface area contributed by atoms with Crippen molar-refractivity contribution in [3.63, 3.8) is 0 Å². The van der Waals surface area contributed by atoms with Crippen LogP contribution in [0.3, 0.4) is 0 Å². The lowest BCUT2D eigenvalue weighted by atomic mass is 10.3. The second-order valence-electron chi connectivity index (χ2n) is 2.12. The maximum atomic E-state index is 10.6. The predicted octanol–water partition coefficient (Wildman–Crippen LogP) is -0.142. The third-order valence-corrected chi connectivity index (χ3v) is 1.14. The molecule has 0 saturated heterocycles. The summed E-state index contributed by atoms with van der Waals surface area (Å²) in [5.41, 5.74) is 4.93. The average molecular weight is 159 g/mol. The Labute approximate surface area is 65.7 Å².